The van der Waals surface area contributed by atoms with Crippen molar-refractivity contribution in [3.8, 4) is 10.6 Å². The molecular weight excluding hydrogens is 268 g/mol. The lowest BCUT2D eigenvalue weighted by Gasteiger charge is -2.36. The second-order valence-electron chi connectivity index (χ2n) is 5.46. The fourth-order valence-electron chi connectivity index (χ4n) is 2.67. The topological polar surface area (TPSA) is 55.0 Å². The molecule has 2 N–H and O–H groups in total. The van der Waals surface area contributed by atoms with Gasteiger partial charge in [-0.3, -0.25) is 0 Å². The molecule has 1 aromatic carbocycles. The van der Waals surface area contributed by atoms with Gasteiger partial charge >= 0.3 is 0 Å². The molecule has 0 saturated carbocycles. The van der Waals surface area contributed by atoms with Gasteiger partial charge in [-0.15, -0.1) is 10.2 Å². The van der Waals surface area contributed by atoms with E-state index < -0.39 is 0 Å². The van der Waals surface area contributed by atoms with Gasteiger partial charge in [-0.05, 0) is 24.8 Å². The summed E-state index contributed by atoms with van der Waals surface area (Å²) in [7, 11) is 0. The molecule has 1 saturated heterocycles. The molecule has 0 aliphatic carbocycles. The average molecular weight is 288 g/mol. The maximum absolute atomic E-state index is 5.87. The quantitative estimate of drug-likeness (QED) is 0.943. The van der Waals surface area contributed by atoms with E-state index >= 15 is 0 Å². The molecule has 2 atom stereocenters. The molecule has 0 amide bonds. The number of hydrogen-bond acceptors (Lipinski definition) is 5. The van der Waals surface area contributed by atoms with E-state index in [0.29, 0.717) is 11.8 Å². The van der Waals surface area contributed by atoms with Gasteiger partial charge in [-0.25, -0.2) is 0 Å². The predicted octanol–water partition coefficient (Wildman–Crippen LogP) is 2.63. The zero-order valence-corrected chi connectivity index (χ0v) is 12.5. The molecule has 3 rings (SSSR count). The molecule has 1 aromatic heterocycles. The molecular formula is C15H20N4S. The summed E-state index contributed by atoms with van der Waals surface area (Å²) in [6.07, 6.45) is 1.18. The van der Waals surface area contributed by atoms with Crippen molar-refractivity contribution >= 4 is 16.5 Å². The first-order valence-electron chi connectivity index (χ1n) is 7.12. The first kappa shape index (κ1) is 13.5. The Labute approximate surface area is 123 Å². The zero-order chi connectivity index (χ0) is 13.9. The molecule has 5 heteroatoms. The molecule has 106 valence electrons. The van der Waals surface area contributed by atoms with E-state index in [0.717, 1.165) is 35.3 Å². The van der Waals surface area contributed by atoms with Crippen LogP contribution >= 0.6 is 11.3 Å². The maximum atomic E-state index is 5.87. The Hall–Kier alpha value is -1.46. The normalized spacial score (nSPS) is 23.0. The van der Waals surface area contributed by atoms with Crippen molar-refractivity contribution in [1.29, 1.82) is 0 Å². The Balaban J connectivity index is 1.77. The van der Waals surface area contributed by atoms with Crippen LogP contribution in [-0.2, 0) is 0 Å². The summed E-state index contributed by atoms with van der Waals surface area (Å²) in [5, 5.41) is 10.7. The van der Waals surface area contributed by atoms with Crippen molar-refractivity contribution in [2.45, 2.75) is 13.3 Å². The lowest BCUT2D eigenvalue weighted by atomic mass is 9.87. The van der Waals surface area contributed by atoms with Crippen LogP contribution in [0.15, 0.2) is 30.3 Å². The Kier molecular flexibility index (Phi) is 3.98. The van der Waals surface area contributed by atoms with Gasteiger partial charge in [0.25, 0.3) is 0 Å². The van der Waals surface area contributed by atoms with Gasteiger partial charge in [0.2, 0.25) is 5.13 Å². The van der Waals surface area contributed by atoms with E-state index in [1.165, 1.54) is 6.42 Å². The van der Waals surface area contributed by atoms with Crippen LogP contribution in [0.4, 0.5) is 5.13 Å². The molecule has 2 heterocycles. The fourth-order valence-corrected chi connectivity index (χ4v) is 3.56. The summed E-state index contributed by atoms with van der Waals surface area (Å²) in [6, 6.07) is 10.2. The number of aromatic nitrogens is 2. The summed E-state index contributed by atoms with van der Waals surface area (Å²) in [5.41, 5.74) is 7.01. The van der Waals surface area contributed by atoms with Crippen LogP contribution in [0.25, 0.3) is 10.6 Å². The molecule has 20 heavy (non-hydrogen) atoms. The predicted molar refractivity (Wildman–Crippen MR) is 83.9 cm³/mol. The van der Waals surface area contributed by atoms with E-state index in [1.54, 1.807) is 11.3 Å². The lowest BCUT2D eigenvalue weighted by Crippen LogP contribution is -2.42. The van der Waals surface area contributed by atoms with Crippen molar-refractivity contribution in [1.82, 2.24) is 10.2 Å². The van der Waals surface area contributed by atoms with E-state index in [9.17, 15) is 0 Å². The number of piperidine rings is 1. The summed E-state index contributed by atoms with van der Waals surface area (Å²) in [4.78, 5) is 2.33. The van der Waals surface area contributed by atoms with E-state index in [2.05, 4.69) is 34.2 Å². The van der Waals surface area contributed by atoms with Gasteiger partial charge in [0, 0.05) is 18.7 Å². The average Bonchev–Trinajstić information content (AvgIpc) is 2.98. The SMILES string of the molecule is CC1CCN(c2nnc(-c3ccccc3)s2)CC1CN. The number of nitrogens with zero attached hydrogens (tertiary/aromatic N) is 3. The van der Waals surface area contributed by atoms with Crippen LogP contribution in [0.3, 0.4) is 0 Å². The number of hydrogen-bond donors (Lipinski definition) is 1. The molecule has 0 bridgehead atoms. The van der Waals surface area contributed by atoms with Crippen LogP contribution in [-0.4, -0.2) is 29.8 Å². The van der Waals surface area contributed by atoms with Gasteiger partial charge in [0.15, 0.2) is 0 Å². The Morgan fingerprint density at radius 3 is 2.85 bits per heavy atom. The molecule has 1 aliphatic rings. The van der Waals surface area contributed by atoms with Crippen molar-refractivity contribution in [3.63, 3.8) is 0 Å². The number of rotatable bonds is 3. The van der Waals surface area contributed by atoms with Crippen LogP contribution in [0.5, 0.6) is 0 Å². The molecule has 2 unspecified atom stereocenters. The maximum Gasteiger partial charge on any atom is 0.208 e. The van der Waals surface area contributed by atoms with Gasteiger partial charge < -0.3 is 10.6 Å². The number of nitrogens with two attached hydrogens (primary N) is 1. The van der Waals surface area contributed by atoms with Crippen molar-refractivity contribution in [2.24, 2.45) is 17.6 Å². The highest BCUT2D eigenvalue weighted by atomic mass is 32.1. The van der Waals surface area contributed by atoms with E-state index in [4.69, 9.17) is 5.73 Å². The lowest BCUT2D eigenvalue weighted by molar-refractivity contribution is 0.307. The van der Waals surface area contributed by atoms with Gasteiger partial charge in [-0.2, -0.15) is 0 Å². The Morgan fingerprint density at radius 2 is 2.10 bits per heavy atom. The minimum Gasteiger partial charge on any atom is -0.346 e. The van der Waals surface area contributed by atoms with Crippen LogP contribution < -0.4 is 10.6 Å². The highest BCUT2D eigenvalue weighted by molar-refractivity contribution is 7.18. The molecule has 2 aromatic rings. The second-order valence-corrected chi connectivity index (χ2v) is 6.42. The highest BCUT2D eigenvalue weighted by Gasteiger charge is 2.27. The largest absolute Gasteiger partial charge is 0.346 e. The van der Waals surface area contributed by atoms with E-state index in [1.807, 2.05) is 18.2 Å². The fraction of sp³-hybridized carbons (Fsp3) is 0.467. The summed E-state index contributed by atoms with van der Waals surface area (Å²) in [5.74, 6) is 1.27. The summed E-state index contributed by atoms with van der Waals surface area (Å²) in [6.45, 7) is 5.11. The van der Waals surface area contributed by atoms with Gasteiger partial charge in [0.05, 0.1) is 0 Å². The third-order valence-corrected chi connectivity index (χ3v) is 5.16. The number of benzene rings is 1. The van der Waals surface area contributed by atoms with Crippen molar-refractivity contribution in [2.75, 3.05) is 24.5 Å². The molecule has 1 aliphatic heterocycles. The minimum absolute atomic E-state index is 0.563. The standard InChI is InChI=1S/C15H20N4S/c1-11-7-8-19(10-13(11)9-16)15-18-17-14(20-15)12-5-3-2-4-6-12/h2-6,11,13H,7-10,16H2,1H3. The Bertz CT molecular complexity index is 554. The smallest absolute Gasteiger partial charge is 0.208 e. The molecule has 0 spiro atoms. The third-order valence-electron chi connectivity index (χ3n) is 4.12. The summed E-state index contributed by atoms with van der Waals surface area (Å²) < 4.78 is 0. The second kappa shape index (κ2) is 5.89. The van der Waals surface area contributed by atoms with Crippen LogP contribution in [0, 0.1) is 11.8 Å². The highest BCUT2D eigenvalue weighted by Crippen LogP contribution is 2.32. The van der Waals surface area contributed by atoms with Crippen LogP contribution in [0.2, 0.25) is 0 Å². The third kappa shape index (κ3) is 2.69. The van der Waals surface area contributed by atoms with Gasteiger partial charge in [0.1, 0.15) is 5.01 Å². The number of anilines is 1. The minimum atomic E-state index is 0.563. The summed E-state index contributed by atoms with van der Waals surface area (Å²) >= 11 is 1.67. The first-order valence-corrected chi connectivity index (χ1v) is 7.93. The van der Waals surface area contributed by atoms with Gasteiger partial charge in [-0.1, -0.05) is 48.6 Å². The molecule has 4 nitrogen and oxygen atoms in total. The van der Waals surface area contributed by atoms with E-state index in [-0.39, 0.29) is 0 Å². The molecule has 0 radical (unpaired) electrons. The van der Waals surface area contributed by atoms with Crippen LogP contribution in [0.1, 0.15) is 13.3 Å². The Morgan fingerprint density at radius 1 is 1.30 bits per heavy atom. The molecule has 1 fully saturated rings. The van der Waals surface area contributed by atoms with Crippen molar-refractivity contribution in [3.05, 3.63) is 30.3 Å². The first-order chi connectivity index (χ1) is 9.78. The monoisotopic (exact) mass is 288 g/mol. The zero-order valence-electron chi connectivity index (χ0n) is 11.7. The van der Waals surface area contributed by atoms with Crippen molar-refractivity contribution < 1.29 is 0 Å².